The third kappa shape index (κ3) is 2.94. The number of halogens is 1. The zero-order valence-corrected chi connectivity index (χ0v) is 12.3. The summed E-state index contributed by atoms with van der Waals surface area (Å²) in [5.74, 6) is 1.88. The van der Waals surface area contributed by atoms with Crippen molar-refractivity contribution in [3.8, 4) is 11.5 Å². The predicted molar refractivity (Wildman–Crippen MR) is 79.7 cm³/mol. The molecule has 0 spiro atoms. The van der Waals surface area contributed by atoms with Gasteiger partial charge in [0.2, 0.25) is 0 Å². The first-order valence-corrected chi connectivity index (χ1v) is 7.28. The van der Waals surface area contributed by atoms with Gasteiger partial charge in [0.25, 0.3) is 0 Å². The van der Waals surface area contributed by atoms with Gasteiger partial charge in [-0.05, 0) is 31.0 Å². The monoisotopic (exact) mass is 304 g/mol. The first-order chi connectivity index (χ1) is 8.74. The van der Waals surface area contributed by atoms with E-state index in [0.29, 0.717) is 0 Å². The number of ether oxygens (including phenoxy) is 1. The Balaban J connectivity index is 2.33. The van der Waals surface area contributed by atoms with Crippen LogP contribution in [0.1, 0.15) is 23.6 Å². The maximum absolute atomic E-state index is 6.05. The van der Waals surface area contributed by atoms with E-state index in [1.807, 2.05) is 24.3 Å². The van der Waals surface area contributed by atoms with Gasteiger partial charge in [0.15, 0.2) is 0 Å². The topological polar surface area (TPSA) is 9.23 Å². The summed E-state index contributed by atoms with van der Waals surface area (Å²) in [7, 11) is 0. The summed E-state index contributed by atoms with van der Waals surface area (Å²) in [5.41, 5.74) is 3.67. The Morgan fingerprint density at radius 3 is 2.44 bits per heavy atom. The Labute approximate surface area is 117 Å². The maximum atomic E-state index is 6.05. The van der Waals surface area contributed by atoms with Crippen LogP contribution >= 0.6 is 15.9 Å². The van der Waals surface area contributed by atoms with Crippen LogP contribution in [0, 0.1) is 6.92 Å². The Hall–Kier alpha value is -1.28. The van der Waals surface area contributed by atoms with Gasteiger partial charge in [-0.3, -0.25) is 0 Å². The first kappa shape index (κ1) is 13.2. The van der Waals surface area contributed by atoms with Crippen LogP contribution in [0.15, 0.2) is 42.5 Å². The minimum absolute atomic E-state index is 0.804. The molecule has 0 N–H and O–H groups in total. The molecule has 0 amide bonds. The van der Waals surface area contributed by atoms with Crippen molar-refractivity contribution in [2.75, 3.05) is 0 Å². The van der Waals surface area contributed by atoms with E-state index in [1.165, 1.54) is 16.7 Å². The van der Waals surface area contributed by atoms with Gasteiger partial charge in [-0.25, -0.2) is 0 Å². The number of rotatable bonds is 4. The van der Waals surface area contributed by atoms with Gasteiger partial charge < -0.3 is 4.74 Å². The lowest BCUT2D eigenvalue weighted by molar-refractivity contribution is 0.473. The average Bonchev–Trinajstić information content (AvgIpc) is 2.41. The third-order valence-corrected chi connectivity index (χ3v) is 3.54. The van der Waals surface area contributed by atoms with Crippen molar-refractivity contribution in [1.29, 1.82) is 0 Å². The van der Waals surface area contributed by atoms with Crippen molar-refractivity contribution in [2.45, 2.75) is 25.6 Å². The highest BCUT2D eigenvalue weighted by molar-refractivity contribution is 9.08. The summed E-state index contributed by atoms with van der Waals surface area (Å²) in [5, 5.41) is 0.804. The standard InChI is InChI=1S/C16H17BrO/c1-3-13-6-4-5-7-15(13)18-16-9-8-12(2)10-14(16)11-17/h4-10H,3,11H2,1-2H3. The number of para-hydroxylation sites is 1. The van der Waals surface area contributed by atoms with E-state index in [1.54, 1.807) is 0 Å². The average molecular weight is 305 g/mol. The molecule has 0 aliphatic rings. The molecule has 2 heteroatoms. The summed E-state index contributed by atoms with van der Waals surface area (Å²) in [6.07, 6.45) is 0.978. The number of alkyl halides is 1. The minimum atomic E-state index is 0.804. The zero-order valence-electron chi connectivity index (χ0n) is 10.7. The van der Waals surface area contributed by atoms with Gasteiger partial charge in [0.1, 0.15) is 11.5 Å². The molecule has 0 aliphatic heterocycles. The van der Waals surface area contributed by atoms with Crippen LogP contribution in [-0.4, -0.2) is 0 Å². The molecule has 0 fully saturated rings. The fourth-order valence-electron chi connectivity index (χ4n) is 1.93. The van der Waals surface area contributed by atoms with Gasteiger partial charge in [-0.1, -0.05) is 58.7 Å². The molecule has 0 radical (unpaired) electrons. The second-order valence-corrected chi connectivity index (χ2v) is 4.87. The predicted octanol–water partition coefficient (Wildman–Crippen LogP) is 5.24. The summed E-state index contributed by atoms with van der Waals surface area (Å²) in [6.45, 7) is 4.23. The Morgan fingerprint density at radius 1 is 1.00 bits per heavy atom. The fourth-order valence-corrected chi connectivity index (χ4v) is 2.36. The molecular weight excluding hydrogens is 288 g/mol. The lowest BCUT2D eigenvalue weighted by atomic mass is 10.1. The number of aryl methyl sites for hydroxylation is 2. The van der Waals surface area contributed by atoms with Crippen LogP contribution in [0.25, 0.3) is 0 Å². The molecule has 0 aliphatic carbocycles. The highest BCUT2D eigenvalue weighted by Gasteiger charge is 2.07. The molecular formula is C16H17BrO. The molecule has 0 heterocycles. The smallest absolute Gasteiger partial charge is 0.131 e. The molecule has 2 rings (SSSR count). The quantitative estimate of drug-likeness (QED) is 0.701. The molecule has 0 aromatic heterocycles. The van der Waals surface area contributed by atoms with Gasteiger partial charge in [0, 0.05) is 10.9 Å². The lowest BCUT2D eigenvalue weighted by Crippen LogP contribution is -1.93. The van der Waals surface area contributed by atoms with E-state index in [2.05, 4.69) is 48.0 Å². The largest absolute Gasteiger partial charge is 0.457 e. The zero-order chi connectivity index (χ0) is 13.0. The normalized spacial score (nSPS) is 10.4. The van der Waals surface area contributed by atoms with E-state index in [9.17, 15) is 0 Å². The molecule has 1 nitrogen and oxygen atoms in total. The molecule has 2 aromatic carbocycles. The van der Waals surface area contributed by atoms with Gasteiger partial charge >= 0.3 is 0 Å². The van der Waals surface area contributed by atoms with Crippen LogP contribution in [0.2, 0.25) is 0 Å². The van der Waals surface area contributed by atoms with Crippen molar-refractivity contribution in [1.82, 2.24) is 0 Å². The second-order valence-electron chi connectivity index (χ2n) is 4.31. The molecule has 94 valence electrons. The van der Waals surface area contributed by atoms with Crippen LogP contribution in [0.4, 0.5) is 0 Å². The second kappa shape index (κ2) is 6.05. The van der Waals surface area contributed by atoms with E-state index in [0.717, 1.165) is 23.2 Å². The van der Waals surface area contributed by atoms with Crippen molar-refractivity contribution < 1.29 is 4.74 Å². The van der Waals surface area contributed by atoms with Crippen LogP contribution in [0.3, 0.4) is 0 Å². The number of benzene rings is 2. The number of hydrogen-bond donors (Lipinski definition) is 0. The molecule has 0 saturated carbocycles. The van der Waals surface area contributed by atoms with Crippen molar-refractivity contribution >= 4 is 15.9 Å². The lowest BCUT2D eigenvalue weighted by Gasteiger charge is -2.13. The van der Waals surface area contributed by atoms with E-state index in [4.69, 9.17) is 4.74 Å². The SMILES string of the molecule is CCc1ccccc1Oc1ccc(C)cc1CBr. The van der Waals surface area contributed by atoms with E-state index in [-0.39, 0.29) is 0 Å². The first-order valence-electron chi connectivity index (χ1n) is 6.16. The molecule has 2 aromatic rings. The van der Waals surface area contributed by atoms with Crippen molar-refractivity contribution in [3.63, 3.8) is 0 Å². The van der Waals surface area contributed by atoms with Gasteiger partial charge in [-0.15, -0.1) is 0 Å². The van der Waals surface area contributed by atoms with Crippen LogP contribution in [-0.2, 0) is 11.8 Å². The Kier molecular flexibility index (Phi) is 4.43. The summed E-state index contributed by atoms with van der Waals surface area (Å²) in [6, 6.07) is 14.5. The van der Waals surface area contributed by atoms with Crippen molar-refractivity contribution in [2.24, 2.45) is 0 Å². The molecule has 18 heavy (non-hydrogen) atoms. The fraction of sp³-hybridized carbons (Fsp3) is 0.250. The Morgan fingerprint density at radius 2 is 1.72 bits per heavy atom. The van der Waals surface area contributed by atoms with Gasteiger partial charge in [0.05, 0.1) is 0 Å². The molecule has 0 atom stereocenters. The molecule has 0 unspecified atom stereocenters. The van der Waals surface area contributed by atoms with Crippen molar-refractivity contribution in [3.05, 3.63) is 59.2 Å². The summed E-state index contributed by atoms with van der Waals surface area (Å²) < 4.78 is 6.05. The van der Waals surface area contributed by atoms with E-state index >= 15 is 0 Å². The molecule has 0 saturated heterocycles. The Bertz CT molecular complexity index is 534. The van der Waals surface area contributed by atoms with E-state index < -0.39 is 0 Å². The third-order valence-electron chi connectivity index (χ3n) is 2.93. The van der Waals surface area contributed by atoms with Gasteiger partial charge in [-0.2, -0.15) is 0 Å². The summed E-state index contributed by atoms with van der Waals surface area (Å²) >= 11 is 3.51. The minimum Gasteiger partial charge on any atom is -0.457 e. The highest BCUT2D eigenvalue weighted by atomic mass is 79.9. The summed E-state index contributed by atoms with van der Waals surface area (Å²) in [4.78, 5) is 0. The van der Waals surface area contributed by atoms with Crippen LogP contribution in [0.5, 0.6) is 11.5 Å². The molecule has 0 bridgehead atoms. The maximum Gasteiger partial charge on any atom is 0.131 e. The highest BCUT2D eigenvalue weighted by Crippen LogP contribution is 2.30. The number of hydrogen-bond acceptors (Lipinski definition) is 1. The van der Waals surface area contributed by atoms with Crippen LogP contribution < -0.4 is 4.74 Å².